The maximum atomic E-state index is 12.6. The van der Waals surface area contributed by atoms with E-state index in [1.807, 2.05) is 23.1 Å². The summed E-state index contributed by atoms with van der Waals surface area (Å²) in [6.07, 6.45) is 5.31. The van der Waals surface area contributed by atoms with Crippen molar-refractivity contribution in [3.05, 3.63) is 29.8 Å². The number of nitrogens with zero attached hydrogens (tertiary/aromatic N) is 1. The smallest absolute Gasteiger partial charge is 0.254 e. The van der Waals surface area contributed by atoms with Crippen LogP contribution in [0.4, 0.5) is 5.69 Å². The molecule has 1 aromatic carbocycles. The molecule has 1 atom stereocenters. The van der Waals surface area contributed by atoms with Crippen LogP contribution in [0.25, 0.3) is 0 Å². The third-order valence-electron chi connectivity index (χ3n) is 4.39. The lowest BCUT2D eigenvalue weighted by atomic mass is 10.0. The Morgan fingerprint density at radius 3 is 2.71 bits per heavy atom. The summed E-state index contributed by atoms with van der Waals surface area (Å²) >= 11 is 0. The molecule has 3 rings (SSSR count). The Kier molecular flexibility index (Phi) is 3.95. The van der Waals surface area contributed by atoms with Gasteiger partial charge in [-0.05, 0) is 57.2 Å². The first-order chi connectivity index (χ1) is 10.1. The number of carbonyl (C=O) groups excluding carboxylic acids is 2. The second-order valence-electron chi connectivity index (χ2n) is 6.19. The van der Waals surface area contributed by atoms with Gasteiger partial charge in [-0.1, -0.05) is 6.07 Å². The predicted octanol–water partition coefficient (Wildman–Crippen LogP) is 3.05. The molecule has 1 aliphatic heterocycles. The summed E-state index contributed by atoms with van der Waals surface area (Å²) in [5.41, 5.74) is 1.39. The zero-order valence-electron chi connectivity index (χ0n) is 12.5. The average Bonchev–Trinajstić information content (AvgIpc) is 3.32. The molecule has 0 bridgehead atoms. The Bertz CT molecular complexity index is 551. The molecule has 2 aliphatic rings. The van der Waals surface area contributed by atoms with Crippen LogP contribution in [0.3, 0.4) is 0 Å². The number of anilines is 1. The van der Waals surface area contributed by atoms with Gasteiger partial charge in [-0.15, -0.1) is 0 Å². The normalized spacial score (nSPS) is 22.0. The van der Waals surface area contributed by atoms with E-state index in [0.29, 0.717) is 11.6 Å². The van der Waals surface area contributed by atoms with Crippen LogP contribution in [-0.2, 0) is 4.79 Å². The van der Waals surface area contributed by atoms with Crippen LogP contribution in [0, 0.1) is 5.92 Å². The van der Waals surface area contributed by atoms with Gasteiger partial charge in [0.2, 0.25) is 5.91 Å². The summed E-state index contributed by atoms with van der Waals surface area (Å²) < 4.78 is 0. The second-order valence-corrected chi connectivity index (χ2v) is 6.19. The Morgan fingerprint density at radius 1 is 1.19 bits per heavy atom. The van der Waals surface area contributed by atoms with Gasteiger partial charge in [-0.2, -0.15) is 0 Å². The van der Waals surface area contributed by atoms with Gasteiger partial charge >= 0.3 is 0 Å². The first-order valence-corrected chi connectivity index (χ1v) is 7.87. The molecule has 1 saturated heterocycles. The van der Waals surface area contributed by atoms with Crippen molar-refractivity contribution in [2.45, 2.75) is 45.1 Å². The van der Waals surface area contributed by atoms with E-state index in [1.165, 1.54) is 6.42 Å². The zero-order valence-corrected chi connectivity index (χ0v) is 12.5. The molecule has 0 radical (unpaired) electrons. The van der Waals surface area contributed by atoms with Gasteiger partial charge in [0.05, 0.1) is 0 Å². The van der Waals surface area contributed by atoms with E-state index < -0.39 is 0 Å². The molecule has 21 heavy (non-hydrogen) atoms. The van der Waals surface area contributed by atoms with Gasteiger partial charge in [0.1, 0.15) is 0 Å². The minimum Gasteiger partial charge on any atom is -0.336 e. The number of hydrogen-bond donors (Lipinski definition) is 1. The van der Waals surface area contributed by atoms with Crippen LogP contribution >= 0.6 is 0 Å². The first-order valence-electron chi connectivity index (χ1n) is 7.87. The number of piperidine rings is 1. The van der Waals surface area contributed by atoms with Gasteiger partial charge in [0, 0.05) is 29.8 Å². The Hall–Kier alpha value is -1.84. The van der Waals surface area contributed by atoms with E-state index in [-0.39, 0.29) is 17.7 Å². The maximum absolute atomic E-state index is 12.6. The Morgan fingerprint density at radius 2 is 2.00 bits per heavy atom. The number of rotatable bonds is 3. The summed E-state index contributed by atoms with van der Waals surface area (Å²) in [5.74, 6) is 0.321. The molecule has 4 heteroatoms. The summed E-state index contributed by atoms with van der Waals surface area (Å²) in [7, 11) is 0. The molecule has 0 aromatic heterocycles. The molecular weight excluding hydrogens is 264 g/mol. The minimum atomic E-state index is 0.0738. The van der Waals surface area contributed by atoms with E-state index in [4.69, 9.17) is 0 Å². The van der Waals surface area contributed by atoms with Crippen molar-refractivity contribution in [2.24, 2.45) is 5.92 Å². The molecule has 4 nitrogen and oxygen atoms in total. The highest BCUT2D eigenvalue weighted by Crippen LogP contribution is 2.30. The van der Waals surface area contributed by atoms with Crippen molar-refractivity contribution in [1.82, 2.24) is 4.90 Å². The lowest BCUT2D eigenvalue weighted by Gasteiger charge is -2.33. The van der Waals surface area contributed by atoms with Crippen molar-refractivity contribution in [2.75, 3.05) is 11.9 Å². The van der Waals surface area contributed by atoms with Crippen LogP contribution in [-0.4, -0.2) is 29.3 Å². The van der Waals surface area contributed by atoms with Crippen LogP contribution in [0.5, 0.6) is 0 Å². The van der Waals surface area contributed by atoms with E-state index in [0.717, 1.165) is 37.9 Å². The van der Waals surface area contributed by atoms with Gasteiger partial charge in [-0.3, -0.25) is 9.59 Å². The molecule has 112 valence electrons. The van der Waals surface area contributed by atoms with Crippen LogP contribution in [0.2, 0.25) is 0 Å². The van der Waals surface area contributed by atoms with Crippen molar-refractivity contribution in [1.29, 1.82) is 0 Å². The third kappa shape index (κ3) is 3.26. The van der Waals surface area contributed by atoms with Crippen LogP contribution < -0.4 is 5.32 Å². The van der Waals surface area contributed by atoms with Gasteiger partial charge in [0.15, 0.2) is 0 Å². The quantitative estimate of drug-likeness (QED) is 0.928. The van der Waals surface area contributed by atoms with Crippen molar-refractivity contribution in [3.63, 3.8) is 0 Å². The third-order valence-corrected chi connectivity index (χ3v) is 4.39. The lowest BCUT2D eigenvalue weighted by Crippen LogP contribution is -2.42. The summed E-state index contributed by atoms with van der Waals surface area (Å²) in [5, 5.41) is 2.90. The molecule has 1 aliphatic carbocycles. The number of hydrogen-bond acceptors (Lipinski definition) is 2. The zero-order chi connectivity index (χ0) is 14.8. The van der Waals surface area contributed by atoms with E-state index >= 15 is 0 Å². The highest BCUT2D eigenvalue weighted by Gasteiger charge is 2.30. The maximum Gasteiger partial charge on any atom is 0.254 e. The highest BCUT2D eigenvalue weighted by atomic mass is 16.2. The number of benzene rings is 1. The lowest BCUT2D eigenvalue weighted by molar-refractivity contribution is -0.117. The minimum absolute atomic E-state index is 0.0738. The topological polar surface area (TPSA) is 49.4 Å². The molecule has 1 aromatic rings. The van der Waals surface area contributed by atoms with Gasteiger partial charge < -0.3 is 10.2 Å². The highest BCUT2D eigenvalue weighted by molar-refractivity contribution is 5.98. The molecule has 2 fully saturated rings. The average molecular weight is 286 g/mol. The fourth-order valence-corrected chi connectivity index (χ4v) is 2.89. The molecular formula is C17H22N2O2. The van der Waals surface area contributed by atoms with Crippen LogP contribution in [0.1, 0.15) is 49.4 Å². The largest absolute Gasteiger partial charge is 0.336 e. The molecule has 1 unspecified atom stereocenters. The van der Waals surface area contributed by atoms with E-state index in [2.05, 4.69) is 12.2 Å². The number of nitrogens with one attached hydrogen (secondary N) is 1. The summed E-state index contributed by atoms with van der Waals surface area (Å²) in [4.78, 5) is 26.4. The summed E-state index contributed by atoms with van der Waals surface area (Å²) in [6, 6.07) is 7.61. The predicted molar refractivity (Wildman–Crippen MR) is 82.1 cm³/mol. The van der Waals surface area contributed by atoms with Crippen molar-refractivity contribution >= 4 is 17.5 Å². The molecule has 1 heterocycles. The van der Waals surface area contributed by atoms with Crippen LogP contribution in [0.15, 0.2) is 24.3 Å². The second kappa shape index (κ2) is 5.88. The fourth-order valence-electron chi connectivity index (χ4n) is 2.89. The molecule has 2 amide bonds. The van der Waals surface area contributed by atoms with E-state index in [9.17, 15) is 9.59 Å². The Balaban J connectivity index is 1.72. The Labute approximate surface area is 125 Å². The monoisotopic (exact) mass is 286 g/mol. The van der Waals surface area contributed by atoms with Gasteiger partial charge in [-0.25, -0.2) is 0 Å². The number of amides is 2. The molecule has 1 N–H and O–H groups in total. The summed E-state index contributed by atoms with van der Waals surface area (Å²) in [6.45, 7) is 2.94. The first kappa shape index (κ1) is 14.1. The van der Waals surface area contributed by atoms with Gasteiger partial charge in [0.25, 0.3) is 5.91 Å². The SMILES string of the molecule is CC1CCCCN1C(=O)c1cccc(NC(=O)C2CC2)c1. The fraction of sp³-hybridized carbons (Fsp3) is 0.529. The standard InChI is InChI=1S/C17H22N2O2/c1-12-5-2-3-10-19(12)17(21)14-6-4-7-15(11-14)18-16(20)13-8-9-13/h4,6-7,11-13H,2-3,5,8-10H2,1H3,(H,18,20). The molecule has 0 spiro atoms. The van der Waals surface area contributed by atoms with Crippen molar-refractivity contribution in [3.8, 4) is 0 Å². The molecule has 1 saturated carbocycles. The van der Waals surface area contributed by atoms with Crippen molar-refractivity contribution < 1.29 is 9.59 Å². The number of carbonyl (C=O) groups is 2. The van der Waals surface area contributed by atoms with E-state index in [1.54, 1.807) is 6.07 Å². The number of likely N-dealkylation sites (tertiary alicyclic amines) is 1.